The molecule has 0 aromatic heterocycles. The van der Waals surface area contributed by atoms with Crippen LogP contribution in [0, 0.1) is 11.3 Å². The van der Waals surface area contributed by atoms with E-state index in [1.54, 1.807) is 6.07 Å². The van der Waals surface area contributed by atoms with Gasteiger partial charge in [0, 0.05) is 4.47 Å². The standard InChI is InChI=1S/C10H6BrF4NO/c11-7-1-2-8(6(3-7)4-16)17-5-10(14,15)9(12)13/h1-3,9H,5H2. The van der Waals surface area contributed by atoms with Crippen LogP contribution in [0.15, 0.2) is 22.7 Å². The lowest BCUT2D eigenvalue weighted by atomic mass is 10.2. The quantitative estimate of drug-likeness (QED) is 0.796. The molecule has 1 aromatic carbocycles. The first-order valence-electron chi connectivity index (χ1n) is 4.35. The summed E-state index contributed by atoms with van der Waals surface area (Å²) in [5.74, 6) is -4.39. The fourth-order valence-electron chi connectivity index (χ4n) is 0.952. The van der Waals surface area contributed by atoms with E-state index in [4.69, 9.17) is 5.26 Å². The molecule has 1 rings (SSSR count). The summed E-state index contributed by atoms with van der Waals surface area (Å²) in [5, 5.41) is 8.70. The van der Waals surface area contributed by atoms with E-state index < -0.39 is 19.0 Å². The van der Waals surface area contributed by atoms with Gasteiger partial charge in [-0.15, -0.1) is 0 Å². The molecule has 0 N–H and O–H groups in total. The Bertz CT molecular complexity index is 444. The van der Waals surface area contributed by atoms with Crippen LogP contribution in [0.1, 0.15) is 5.56 Å². The van der Waals surface area contributed by atoms with Gasteiger partial charge in [-0.2, -0.15) is 14.0 Å². The van der Waals surface area contributed by atoms with E-state index in [2.05, 4.69) is 20.7 Å². The van der Waals surface area contributed by atoms with E-state index in [0.717, 1.165) is 0 Å². The Balaban J connectivity index is 2.80. The minimum Gasteiger partial charge on any atom is -0.486 e. The molecular weight excluding hydrogens is 306 g/mol. The Labute approximate surface area is 103 Å². The maximum Gasteiger partial charge on any atom is 0.340 e. The first-order chi connectivity index (χ1) is 7.86. The fraction of sp³-hybridized carbons (Fsp3) is 0.300. The molecule has 0 heterocycles. The smallest absolute Gasteiger partial charge is 0.340 e. The van der Waals surface area contributed by atoms with Crippen molar-refractivity contribution < 1.29 is 22.3 Å². The molecule has 0 spiro atoms. The minimum atomic E-state index is -4.24. The highest BCUT2D eigenvalue weighted by Gasteiger charge is 2.41. The van der Waals surface area contributed by atoms with E-state index in [0.29, 0.717) is 4.47 Å². The zero-order valence-electron chi connectivity index (χ0n) is 8.26. The maximum absolute atomic E-state index is 12.6. The summed E-state index contributed by atoms with van der Waals surface area (Å²) in [6.07, 6.45) is -3.80. The summed E-state index contributed by atoms with van der Waals surface area (Å²) >= 11 is 3.08. The first-order valence-corrected chi connectivity index (χ1v) is 5.14. The van der Waals surface area contributed by atoms with Gasteiger partial charge >= 0.3 is 12.3 Å². The van der Waals surface area contributed by atoms with E-state index in [1.807, 2.05) is 0 Å². The SMILES string of the molecule is N#Cc1cc(Br)ccc1OCC(F)(F)C(F)F. The molecule has 17 heavy (non-hydrogen) atoms. The molecule has 0 aliphatic carbocycles. The van der Waals surface area contributed by atoms with E-state index in [9.17, 15) is 17.6 Å². The van der Waals surface area contributed by atoms with E-state index in [-0.39, 0.29) is 11.3 Å². The van der Waals surface area contributed by atoms with Crippen LogP contribution < -0.4 is 4.74 Å². The Morgan fingerprint density at radius 2 is 2.06 bits per heavy atom. The van der Waals surface area contributed by atoms with E-state index in [1.165, 1.54) is 18.2 Å². The number of halogens is 5. The second kappa shape index (κ2) is 5.36. The second-order valence-corrected chi connectivity index (χ2v) is 4.02. The summed E-state index contributed by atoms with van der Waals surface area (Å²) < 4.78 is 54.0. The van der Waals surface area contributed by atoms with Gasteiger partial charge in [0.15, 0.2) is 6.61 Å². The summed E-state index contributed by atoms with van der Waals surface area (Å²) in [6, 6.07) is 5.77. The molecule has 0 bridgehead atoms. The lowest BCUT2D eigenvalue weighted by Gasteiger charge is -2.16. The van der Waals surface area contributed by atoms with E-state index >= 15 is 0 Å². The first kappa shape index (κ1) is 13.8. The largest absolute Gasteiger partial charge is 0.486 e. The summed E-state index contributed by atoms with van der Waals surface area (Å²) in [6.45, 7) is -1.47. The molecule has 0 saturated heterocycles. The summed E-state index contributed by atoms with van der Waals surface area (Å²) in [5.41, 5.74) is -0.00978. The Morgan fingerprint density at radius 3 is 2.59 bits per heavy atom. The minimum absolute atomic E-state index is 0.00978. The number of nitrogens with zero attached hydrogens (tertiary/aromatic N) is 1. The molecule has 1 aromatic rings. The van der Waals surface area contributed by atoms with Crippen LogP contribution in [0.25, 0.3) is 0 Å². The zero-order valence-corrected chi connectivity index (χ0v) is 9.85. The number of hydrogen-bond acceptors (Lipinski definition) is 2. The topological polar surface area (TPSA) is 33.0 Å². The summed E-state index contributed by atoms with van der Waals surface area (Å²) in [4.78, 5) is 0. The van der Waals surface area contributed by atoms with Crippen molar-refractivity contribution in [1.82, 2.24) is 0 Å². The predicted molar refractivity (Wildman–Crippen MR) is 55.3 cm³/mol. The van der Waals surface area contributed by atoms with Crippen molar-refractivity contribution in [3.05, 3.63) is 28.2 Å². The molecule has 0 fully saturated rings. The fourth-order valence-corrected chi connectivity index (χ4v) is 1.31. The zero-order chi connectivity index (χ0) is 13.1. The third-order valence-corrected chi connectivity index (χ3v) is 2.29. The van der Waals surface area contributed by atoms with Crippen molar-refractivity contribution >= 4 is 15.9 Å². The van der Waals surface area contributed by atoms with Gasteiger partial charge in [-0.3, -0.25) is 0 Å². The molecule has 0 atom stereocenters. The normalized spacial score (nSPS) is 11.4. The average Bonchev–Trinajstić information content (AvgIpc) is 2.27. The van der Waals surface area contributed by atoms with Gasteiger partial charge in [0.1, 0.15) is 11.8 Å². The van der Waals surface area contributed by atoms with Crippen LogP contribution in [-0.2, 0) is 0 Å². The van der Waals surface area contributed by atoms with Crippen LogP contribution in [-0.4, -0.2) is 19.0 Å². The molecule has 0 unspecified atom stereocenters. The monoisotopic (exact) mass is 311 g/mol. The van der Waals surface area contributed by atoms with Crippen LogP contribution in [0.4, 0.5) is 17.6 Å². The van der Waals surface area contributed by atoms with Gasteiger partial charge in [0.25, 0.3) is 0 Å². The number of rotatable bonds is 4. The summed E-state index contributed by atoms with van der Waals surface area (Å²) in [7, 11) is 0. The molecular formula is C10H6BrF4NO. The van der Waals surface area contributed by atoms with Gasteiger partial charge in [-0.1, -0.05) is 15.9 Å². The Morgan fingerprint density at radius 1 is 1.41 bits per heavy atom. The second-order valence-electron chi connectivity index (χ2n) is 3.10. The van der Waals surface area contributed by atoms with Crippen molar-refractivity contribution in [3.63, 3.8) is 0 Å². The molecule has 2 nitrogen and oxygen atoms in total. The van der Waals surface area contributed by atoms with Crippen molar-refractivity contribution in [2.75, 3.05) is 6.61 Å². The van der Waals surface area contributed by atoms with Crippen LogP contribution in [0.2, 0.25) is 0 Å². The van der Waals surface area contributed by atoms with Crippen LogP contribution in [0.5, 0.6) is 5.75 Å². The van der Waals surface area contributed by atoms with Gasteiger partial charge in [0.05, 0.1) is 5.56 Å². The molecule has 7 heteroatoms. The Hall–Kier alpha value is -1.29. The number of benzene rings is 1. The highest BCUT2D eigenvalue weighted by Crippen LogP contribution is 2.27. The number of alkyl halides is 4. The third-order valence-electron chi connectivity index (χ3n) is 1.80. The number of ether oxygens (including phenoxy) is 1. The van der Waals surface area contributed by atoms with Crippen molar-refractivity contribution in [1.29, 1.82) is 5.26 Å². The molecule has 0 saturated carbocycles. The van der Waals surface area contributed by atoms with Crippen molar-refractivity contribution in [2.45, 2.75) is 12.3 Å². The van der Waals surface area contributed by atoms with Crippen LogP contribution >= 0.6 is 15.9 Å². The van der Waals surface area contributed by atoms with Gasteiger partial charge in [0.2, 0.25) is 0 Å². The maximum atomic E-state index is 12.6. The lowest BCUT2D eigenvalue weighted by molar-refractivity contribution is -0.148. The van der Waals surface area contributed by atoms with Gasteiger partial charge < -0.3 is 4.74 Å². The lowest BCUT2D eigenvalue weighted by Crippen LogP contribution is -2.33. The van der Waals surface area contributed by atoms with Crippen LogP contribution in [0.3, 0.4) is 0 Å². The predicted octanol–water partition coefficient (Wildman–Crippen LogP) is 3.60. The molecule has 92 valence electrons. The molecule has 0 radical (unpaired) electrons. The highest BCUT2D eigenvalue weighted by atomic mass is 79.9. The Kier molecular flexibility index (Phi) is 4.34. The van der Waals surface area contributed by atoms with Gasteiger partial charge in [-0.05, 0) is 18.2 Å². The highest BCUT2D eigenvalue weighted by molar-refractivity contribution is 9.10. The average molecular weight is 312 g/mol. The van der Waals surface area contributed by atoms with Crippen molar-refractivity contribution in [2.24, 2.45) is 0 Å². The molecule has 0 amide bonds. The number of nitriles is 1. The van der Waals surface area contributed by atoms with Gasteiger partial charge in [-0.25, -0.2) is 8.78 Å². The molecule has 0 aliphatic rings. The number of hydrogen-bond donors (Lipinski definition) is 0. The third kappa shape index (κ3) is 3.60. The molecule has 0 aliphatic heterocycles. The van der Waals surface area contributed by atoms with Crippen molar-refractivity contribution in [3.8, 4) is 11.8 Å².